The van der Waals surface area contributed by atoms with Gasteiger partial charge in [-0.25, -0.2) is 10.1 Å². The maximum absolute atomic E-state index is 14.2. The van der Waals surface area contributed by atoms with Crippen LogP contribution >= 0.6 is 0 Å². The van der Waals surface area contributed by atoms with Crippen molar-refractivity contribution in [3.8, 4) is 17.0 Å². The highest BCUT2D eigenvalue weighted by Crippen LogP contribution is 2.40. The first-order valence-electron chi connectivity index (χ1n) is 33.9. The first kappa shape index (κ1) is 88.1. The minimum absolute atomic E-state index is 0.0143. The number of carbonyl (C=O) groups is 17. The van der Waals surface area contributed by atoms with E-state index >= 15 is 0 Å². The Morgan fingerprint density at radius 3 is 1.74 bits per heavy atom. The second kappa shape index (κ2) is 45.2. The van der Waals surface area contributed by atoms with E-state index in [1.54, 1.807) is 0 Å². The molecule has 16 amide bonds. The van der Waals surface area contributed by atoms with Gasteiger partial charge in [-0.2, -0.15) is 0 Å². The monoisotopic (exact) mass is 1520 g/mol. The number of carboxylic acid groups (broad SMARTS) is 1. The number of aromatic hydroxyl groups is 1. The number of aliphatic carboxylic acids is 1. The molecule has 0 aromatic heterocycles. The summed E-state index contributed by atoms with van der Waals surface area (Å²) in [5.74, 6) is -16.5. The zero-order valence-electron chi connectivity index (χ0n) is 58.0. The number of primary amides is 1. The summed E-state index contributed by atoms with van der Waals surface area (Å²) in [7, 11) is 0. The molecule has 3 heterocycles. The van der Waals surface area contributed by atoms with E-state index in [1.165, 1.54) is 10.6 Å². The fourth-order valence-electron chi connectivity index (χ4n) is 10.8. The minimum atomic E-state index is -1.98. The molecule has 1 aliphatic carbocycles. The van der Waals surface area contributed by atoms with E-state index in [9.17, 15) is 127 Å². The van der Waals surface area contributed by atoms with Crippen LogP contribution in [0.3, 0.4) is 0 Å². The molecule has 10 atom stereocenters. The molecule has 107 heavy (non-hydrogen) atoms. The average molecular weight is 1520 g/mol. The highest BCUT2D eigenvalue weighted by molar-refractivity contribution is 6.01. The highest BCUT2D eigenvalue weighted by Gasteiger charge is 2.37. The highest BCUT2D eigenvalue weighted by atomic mass is 16.5. The van der Waals surface area contributed by atoms with Crippen molar-refractivity contribution >= 4 is 113 Å². The van der Waals surface area contributed by atoms with Gasteiger partial charge in [0.2, 0.25) is 101 Å². The fraction of sp³-hybridized carbons (Fsp3) is 0.581. The molecule has 1 fully saturated rings. The van der Waals surface area contributed by atoms with Gasteiger partial charge in [-0.15, -0.1) is 0 Å². The van der Waals surface area contributed by atoms with Crippen LogP contribution in [0.2, 0.25) is 0 Å². The molecule has 0 aromatic carbocycles. The van der Waals surface area contributed by atoms with Gasteiger partial charge in [-0.3, -0.25) is 96.7 Å². The second-order valence-corrected chi connectivity index (χ2v) is 24.6. The number of amides is 16. The molecule has 1 saturated heterocycles. The Kier molecular flexibility index (Phi) is 37.2. The maximum Gasteiger partial charge on any atom is 0.303 e. The molecule has 45 nitrogen and oxygen atoms in total. The summed E-state index contributed by atoms with van der Waals surface area (Å²) in [6.45, 7) is -6.99. The largest absolute Gasteiger partial charge is 0.504 e. The summed E-state index contributed by atoms with van der Waals surface area (Å²) in [6.07, 6.45) is -2.68. The summed E-state index contributed by atoms with van der Waals surface area (Å²) >= 11 is 0. The van der Waals surface area contributed by atoms with Crippen molar-refractivity contribution < 1.29 is 123 Å². The van der Waals surface area contributed by atoms with Crippen LogP contribution in [-0.4, -0.2) is 284 Å². The van der Waals surface area contributed by atoms with Gasteiger partial charge in [0.15, 0.2) is 5.75 Å². The Bertz CT molecular complexity index is 3530. The van der Waals surface area contributed by atoms with Crippen LogP contribution < -0.4 is 91.3 Å². The number of unbranched alkanes of at least 4 members (excludes halogenated alkanes) is 1. The number of aromatic nitrogens is 1. The third-order valence-corrected chi connectivity index (χ3v) is 16.5. The van der Waals surface area contributed by atoms with Gasteiger partial charge in [0.05, 0.1) is 50.9 Å². The summed E-state index contributed by atoms with van der Waals surface area (Å²) in [6, 6.07) is -13.0. The lowest BCUT2D eigenvalue weighted by Gasteiger charge is -2.34. The topological polar surface area (TPSA) is 701 Å². The molecule has 26 N–H and O–H groups in total. The van der Waals surface area contributed by atoms with Crippen LogP contribution in [0.25, 0.3) is 11.3 Å². The van der Waals surface area contributed by atoms with Gasteiger partial charge >= 0.3 is 5.97 Å². The quantitative estimate of drug-likeness (QED) is 0.0127. The first-order valence-corrected chi connectivity index (χ1v) is 33.9. The molecule has 9 unspecified atom stereocenters. The number of hydrogen-bond donors (Lipinski definition) is 24. The molecular formula is C62H93N19O26. The average Bonchev–Trinajstić information content (AvgIpc) is 0.748. The van der Waals surface area contributed by atoms with Crippen molar-refractivity contribution in [3.05, 3.63) is 28.4 Å². The smallest absolute Gasteiger partial charge is 0.303 e. The van der Waals surface area contributed by atoms with Crippen molar-refractivity contribution in [2.24, 2.45) is 11.5 Å². The standard InChI is InChI=1S/C62H93N19O26/c63-16-3-1-7-33(72-60(103)42(29-85)78-62(105)43-15-18-65-52-38(71-48(91)13-12-47(64)90)21-32-22-45(88)46(89)23-44(32)81(43)52)53(96)67-24-49(92)70-35(9-5-19-79(106)30-86)57(100)77-41(28-84)61(104)76-40(27-83)55(98)68-25-50(93)69-34-8-2-4-17-66-54(97)39(26-82)75-59(102)37(11-14-51(94)95)74-58(101)36(73-56(34)99)10-6-20-80(107)31-87/h21-23,30-31,33-37,39-43,65,82-85,88,106-107H,1-20,24-29,63H2,(H2,64,90)(H,66,97)(H,67,96)(H,68,98)(H,69,93)(H,70,92)(H,71,91)(H,72,103)(H,73,99)(H,74,101)(H,75,102)(H,76,104)(H,77,100)(H,78,105)(H,94,95)/t33?,34?,35?,36?,37?,39?,40?,41?,42?,43-/m0/s1. The number of pyridine rings is 1. The fourth-order valence-corrected chi connectivity index (χ4v) is 10.8. The van der Waals surface area contributed by atoms with Crippen LogP contribution in [-0.2, 0) is 81.5 Å². The molecule has 0 saturated carbocycles. The minimum Gasteiger partial charge on any atom is -0.504 e. The third kappa shape index (κ3) is 29.0. The van der Waals surface area contributed by atoms with Gasteiger partial charge in [-0.1, -0.05) is 0 Å². The Labute approximate surface area is 608 Å². The number of anilines is 2. The third-order valence-electron chi connectivity index (χ3n) is 16.5. The van der Waals surface area contributed by atoms with Crippen LogP contribution in [0.1, 0.15) is 102 Å². The maximum atomic E-state index is 14.2. The van der Waals surface area contributed by atoms with E-state index in [2.05, 4.69) is 74.4 Å². The SMILES string of the molecule is NCCCCC(NC(=O)C(CO)NC(=O)[C@@H]1CCNc2c(NC(=O)CCC(N)=O)cc3cc(O)c(=O)cc-3n21)C(=O)NCC(=O)NC(CCCN(O)C=O)C(=O)NC(CO)C(=O)NC(CO)C(=O)NCC(=O)NC1CCCCNC(=O)C(CO)NC(=O)C(CCC(=O)O)NC(=O)C(CCCN(O)C=O)NC1=O. The van der Waals surface area contributed by atoms with Gasteiger partial charge in [0, 0.05) is 57.1 Å². The van der Waals surface area contributed by atoms with E-state index in [4.69, 9.17) is 11.5 Å². The Morgan fingerprint density at radius 2 is 1.13 bits per heavy atom. The molecule has 0 aromatic rings. The molecule has 4 aliphatic rings. The molecule has 4 rings (SSSR count). The summed E-state index contributed by atoms with van der Waals surface area (Å²) in [5.41, 5.74) is 10.4. The van der Waals surface area contributed by atoms with Crippen LogP contribution in [0.5, 0.6) is 5.75 Å². The number of carboxylic acids is 1. The van der Waals surface area contributed by atoms with Gasteiger partial charge in [0.25, 0.3) is 0 Å². The van der Waals surface area contributed by atoms with E-state index in [0.29, 0.717) is 6.42 Å². The predicted octanol–water partition coefficient (Wildman–Crippen LogP) is -10.7. The molecule has 0 radical (unpaired) electrons. The number of aliphatic hydroxyl groups excluding tert-OH is 4. The normalized spacial score (nSPS) is 18.3. The van der Waals surface area contributed by atoms with E-state index < -0.39 is 226 Å². The second-order valence-electron chi connectivity index (χ2n) is 24.6. The number of nitrogens with one attached hydrogen (secondary N) is 14. The molecule has 0 bridgehead atoms. The molecule has 3 aliphatic heterocycles. The van der Waals surface area contributed by atoms with Crippen molar-refractivity contribution in [3.63, 3.8) is 0 Å². The Morgan fingerprint density at radius 1 is 0.579 bits per heavy atom. The number of carbonyl (C=O) groups excluding carboxylic acids is 16. The molecule has 45 heteroatoms. The number of rotatable bonds is 41. The van der Waals surface area contributed by atoms with E-state index in [1.807, 2.05) is 0 Å². The first-order chi connectivity index (χ1) is 50.9. The molecular weight excluding hydrogens is 1430 g/mol. The zero-order valence-corrected chi connectivity index (χ0v) is 58.0. The zero-order chi connectivity index (χ0) is 79.4. The van der Waals surface area contributed by atoms with Crippen molar-refractivity contribution in [1.82, 2.24) is 78.5 Å². The lowest BCUT2D eigenvalue weighted by atomic mass is 10.0. The summed E-state index contributed by atoms with van der Waals surface area (Å²) < 4.78 is 1.33. The van der Waals surface area contributed by atoms with Gasteiger partial charge in [-0.05, 0) is 95.7 Å². The predicted molar refractivity (Wildman–Crippen MR) is 364 cm³/mol. The number of fused-ring (bicyclic) bond motifs is 3. The van der Waals surface area contributed by atoms with Gasteiger partial charge in [0.1, 0.15) is 66.2 Å². The lowest BCUT2D eigenvalue weighted by Crippen LogP contribution is -2.60. The van der Waals surface area contributed by atoms with Crippen LogP contribution in [0.15, 0.2) is 23.0 Å². The van der Waals surface area contributed by atoms with Crippen molar-refractivity contribution in [1.29, 1.82) is 0 Å². The van der Waals surface area contributed by atoms with Crippen LogP contribution in [0, 0.1) is 0 Å². The number of phenols is 1. The van der Waals surface area contributed by atoms with Gasteiger partial charge < -0.3 is 121 Å². The number of nitrogens with zero attached hydrogens (tertiary/aromatic N) is 3. The molecule has 0 spiro atoms. The number of aliphatic hydroxyl groups is 4. The summed E-state index contributed by atoms with van der Waals surface area (Å²) in [5, 5.41) is 114. The van der Waals surface area contributed by atoms with E-state index in [0.717, 1.165) is 12.1 Å². The number of hydrogen-bond acceptors (Lipinski definition) is 27. The number of hydroxylamine groups is 4. The van der Waals surface area contributed by atoms with Crippen LogP contribution in [0.4, 0.5) is 11.5 Å². The summed E-state index contributed by atoms with van der Waals surface area (Å²) in [4.78, 5) is 234. The lowest BCUT2D eigenvalue weighted by molar-refractivity contribution is -0.150. The molecule has 592 valence electrons. The Hall–Kier alpha value is -11.3. The van der Waals surface area contributed by atoms with Crippen molar-refractivity contribution in [2.75, 3.05) is 82.9 Å². The number of phenolic OH excluding ortho intramolecular Hbond substituents is 1. The van der Waals surface area contributed by atoms with E-state index in [-0.39, 0.29) is 143 Å². The van der Waals surface area contributed by atoms with Crippen molar-refractivity contribution in [2.45, 2.75) is 157 Å². The number of benzene rings is 1. The Balaban J connectivity index is 1.44. The number of nitrogens with two attached hydrogens (primary N) is 2.